The zero-order valence-electron chi connectivity index (χ0n) is 29.9. The third-order valence-corrected chi connectivity index (χ3v) is 6.34. The minimum absolute atomic E-state index is 0. The molecule has 0 radical (unpaired) electrons. The summed E-state index contributed by atoms with van der Waals surface area (Å²) >= 11 is 0. The maximum absolute atomic E-state index is 11.2. The van der Waals surface area contributed by atoms with Gasteiger partial charge in [-0.3, -0.25) is 38.3 Å². The molecule has 0 atom stereocenters. The number of hydrogen-bond acceptors (Lipinski definition) is 8. The average Bonchev–Trinajstić information content (AvgIpc) is 2.86. The predicted molar refractivity (Wildman–Crippen MR) is 207 cm³/mol. The van der Waals surface area contributed by atoms with Gasteiger partial charge in [-0.05, 0) is 47.0 Å². The van der Waals surface area contributed by atoms with Gasteiger partial charge in [-0.1, -0.05) is 70.4 Å². The van der Waals surface area contributed by atoms with Crippen LogP contribution < -0.4 is 44.4 Å². The summed E-state index contributed by atoms with van der Waals surface area (Å²) in [6.07, 6.45) is 5.88. The number of nitrogens with one attached hydrogen (secondary N) is 6. The van der Waals surface area contributed by atoms with Crippen LogP contribution in [0.5, 0.6) is 0 Å². The van der Waals surface area contributed by atoms with Crippen molar-refractivity contribution in [3.63, 3.8) is 0 Å². The fourth-order valence-electron chi connectivity index (χ4n) is 3.92. The zero-order chi connectivity index (χ0) is 37.4. The lowest BCUT2D eigenvalue weighted by Gasteiger charge is -2.28. The van der Waals surface area contributed by atoms with E-state index in [1.165, 1.54) is 39.9 Å². The molecule has 0 fully saturated rings. The molecule has 1 amide bonds. The quantitative estimate of drug-likeness (QED) is 0.200. The minimum Gasteiger partial charge on any atom is -0.345 e. The molecule has 1 aliphatic heterocycles. The lowest BCUT2D eigenvalue weighted by Crippen LogP contribution is -2.43. The van der Waals surface area contributed by atoms with Crippen LogP contribution in [0.25, 0.3) is 0 Å². The Morgan fingerprint density at radius 1 is 0.647 bits per heavy atom. The summed E-state index contributed by atoms with van der Waals surface area (Å²) in [7, 11) is 0. The van der Waals surface area contributed by atoms with Gasteiger partial charge in [-0.15, -0.1) is 0 Å². The van der Waals surface area contributed by atoms with E-state index in [9.17, 15) is 33.6 Å². The molecule has 0 bridgehead atoms. The Hall–Kier alpha value is -5.21. The van der Waals surface area contributed by atoms with Crippen molar-refractivity contribution in [1.29, 1.82) is 0 Å². The molecule has 0 aromatic carbocycles. The molecule has 3 aromatic rings. The number of aromatic amines is 4. The summed E-state index contributed by atoms with van der Waals surface area (Å²) in [5.74, 6) is 0.441. The van der Waals surface area contributed by atoms with Crippen LogP contribution in [0.15, 0.2) is 83.7 Å². The highest BCUT2D eigenvalue weighted by Gasteiger charge is 2.22. The molecule has 6 N–H and O–H groups in total. The highest BCUT2D eigenvalue weighted by Crippen LogP contribution is 2.24. The molecule has 0 aliphatic carbocycles. The molecule has 0 unspecified atom stereocenters. The smallest absolute Gasteiger partial charge is 0.328 e. The molecular weight excluding hydrogens is 656 g/mol. The standard InChI is InChI=1S/C9H14N2O.3C8H12N2O2.3CH4/c1-6-10-7(9(2,3)4)5-8(12)11-6;1-8(2,3)5-4-9-7(12)10-6(5)11;1-8(2,3)10-5-4-6(11)9-7(10)12;1-8(2,3)10-6(11)4-5-9-7(10)12;;;/h5,10H,1H2,2-4H3,(H,11,12);4H,1-3H3,(H2,9,10,11,12);4-5H,1-3H3,(H,9,11,12);4-5H,1-3H3,(H,9,12);3*1H4. The van der Waals surface area contributed by atoms with Crippen molar-refractivity contribution in [2.75, 3.05) is 0 Å². The zero-order valence-corrected chi connectivity index (χ0v) is 29.9. The fourth-order valence-corrected chi connectivity index (χ4v) is 3.92. The van der Waals surface area contributed by atoms with Crippen LogP contribution in [-0.4, -0.2) is 35.0 Å². The fraction of sp³-hybridized carbons (Fsp3) is 0.528. The molecule has 15 heteroatoms. The number of rotatable bonds is 0. The molecule has 51 heavy (non-hydrogen) atoms. The van der Waals surface area contributed by atoms with E-state index in [1.54, 1.807) is 6.08 Å². The van der Waals surface area contributed by atoms with Crippen LogP contribution in [-0.2, 0) is 21.3 Å². The molecule has 4 heterocycles. The first kappa shape index (κ1) is 50.2. The van der Waals surface area contributed by atoms with E-state index in [1.807, 2.05) is 83.1 Å². The Labute approximate surface area is 300 Å². The first-order chi connectivity index (χ1) is 21.6. The van der Waals surface area contributed by atoms with Gasteiger partial charge in [0, 0.05) is 64.6 Å². The largest absolute Gasteiger partial charge is 0.345 e. The molecule has 288 valence electrons. The van der Waals surface area contributed by atoms with Gasteiger partial charge in [-0.25, -0.2) is 14.4 Å². The predicted octanol–water partition coefficient (Wildman–Crippen LogP) is 3.96. The molecule has 3 aromatic heterocycles. The number of aromatic nitrogens is 6. The maximum Gasteiger partial charge on any atom is 0.328 e. The highest BCUT2D eigenvalue weighted by molar-refractivity contribution is 5.90. The maximum atomic E-state index is 11.2. The number of carbonyl (C=O) groups is 1. The molecule has 15 nitrogen and oxygen atoms in total. The number of carbonyl (C=O) groups excluding carboxylic acids is 1. The van der Waals surface area contributed by atoms with Crippen molar-refractivity contribution in [3.8, 4) is 0 Å². The van der Waals surface area contributed by atoms with Crippen LogP contribution in [0.1, 0.15) is 111 Å². The average molecular weight is 719 g/mol. The van der Waals surface area contributed by atoms with Crippen molar-refractivity contribution in [3.05, 3.63) is 123 Å². The van der Waals surface area contributed by atoms with Gasteiger partial charge in [0.15, 0.2) is 0 Å². The van der Waals surface area contributed by atoms with E-state index in [-0.39, 0.29) is 72.6 Å². The van der Waals surface area contributed by atoms with Gasteiger partial charge in [0.05, 0.1) is 0 Å². The van der Waals surface area contributed by atoms with E-state index in [0.717, 1.165) is 5.70 Å². The summed E-state index contributed by atoms with van der Waals surface area (Å²) in [6.45, 7) is 26.6. The Kier molecular flexibility index (Phi) is 18.9. The van der Waals surface area contributed by atoms with Crippen LogP contribution in [0.3, 0.4) is 0 Å². The van der Waals surface area contributed by atoms with Crippen molar-refractivity contribution in [2.24, 2.45) is 5.41 Å². The second-order valence-electron chi connectivity index (χ2n) is 14.9. The number of H-pyrrole nitrogens is 4. The van der Waals surface area contributed by atoms with Gasteiger partial charge in [0.1, 0.15) is 5.82 Å². The first-order valence-corrected chi connectivity index (χ1v) is 15.1. The monoisotopic (exact) mass is 718 g/mol. The van der Waals surface area contributed by atoms with E-state index < -0.39 is 11.2 Å². The SMILES string of the molecule is C.C.C.C=C1NC(=O)C=C(C(C)(C)C)N1.CC(C)(C)c1c[nH]c(=O)[nH]c1=O.CC(C)(C)n1c(=O)cc[nH]c1=O.CC(C)(C)n1ccc(=O)[nH]c1=O. The summed E-state index contributed by atoms with van der Waals surface area (Å²) in [5, 5.41) is 5.58. The van der Waals surface area contributed by atoms with Gasteiger partial charge in [0.2, 0.25) is 0 Å². The lowest BCUT2D eigenvalue weighted by molar-refractivity contribution is -0.116. The Morgan fingerprint density at radius 2 is 1.20 bits per heavy atom. The Morgan fingerprint density at radius 3 is 1.57 bits per heavy atom. The molecule has 0 spiro atoms. The topological polar surface area (TPSA) is 217 Å². The molecular formula is C36H62N8O7. The van der Waals surface area contributed by atoms with Gasteiger partial charge in [-0.2, -0.15) is 0 Å². The van der Waals surface area contributed by atoms with E-state index in [4.69, 9.17) is 0 Å². The normalized spacial score (nSPS) is 12.4. The summed E-state index contributed by atoms with van der Waals surface area (Å²) < 4.78 is 2.67. The third kappa shape index (κ3) is 16.4. The number of hydrogen-bond donors (Lipinski definition) is 6. The van der Waals surface area contributed by atoms with Crippen molar-refractivity contribution >= 4 is 5.91 Å². The third-order valence-electron chi connectivity index (χ3n) is 6.34. The Balaban J connectivity index is -0.000000591. The molecule has 4 rings (SSSR count). The summed E-state index contributed by atoms with van der Waals surface area (Å²) in [6, 6.07) is 2.68. The van der Waals surface area contributed by atoms with Gasteiger partial charge in [0.25, 0.3) is 22.6 Å². The molecule has 1 aliphatic rings. The van der Waals surface area contributed by atoms with E-state index >= 15 is 0 Å². The lowest BCUT2D eigenvalue weighted by atomic mass is 9.89. The van der Waals surface area contributed by atoms with Gasteiger partial charge >= 0.3 is 17.1 Å². The van der Waals surface area contributed by atoms with Crippen LogP contribution in [0, 0.1) is 5.41 Å². The number of nitrogens with zero attached hydrogens (tertiary/aromatic N) is 2. The van der Waals surface area contributed by atoms with E-state index in [2.05, 4.69) is 37.1 Å². The number of amides is 1. The Bertz CT molecular complexity index is 1870. The van der Waals surface area contributed by atoms with Crippen molar-refractivity contribution in [1.82, 2.24) is 39.7 Å². The van der Waals surface area contributed by atoms with Crippen LogP contribution >= 0.6 is 0 Å². The highest BCUT2D eigenvalue weighted by atomic mass is 16.2. The van der Waals surface area contributed by atoms with Crippen molar-refractivity contribution < 1.29 is 4.79 Å². The minimum atomic E-state index is -0.466. The summed E-state index contributed by atoms with van der Waals surface area (Å²) in [4.78, 5) is 86.5. The second kappa shape index (κ2) is 19.3. The van der Waals surface area contributed by atoms with Crippen LogP contribution in [0.4, 0.5) is 0 Å². The molecule has 0 saturated carbocycles. The summed E-state index contributed by atoms with van der Waals surface area (Å²) in [5.41, 5.74) is -1.69. The van der Waals surface area contributed by atoms with Gasteiger partial charge < -0.3 is 20.6 Å². The molecule has 0 saturated heterocycles. The first-order valence-electron chi connectivity index (χ1n) is 15.1. The van der Waals surface area contributed by atoms with Crippen LogP contribution in [0.2, 0.25) is 0 Å². The second-order valence-corrected chi connectivity index (χ2v) is 14.9. The number of allylic oxidation sites excluding steroid dienone is 1. The van der Waals surface area contributed by atoms with E-state index in [0.29, 0.717) is 11.4 Å². The van der Waals surface area contributed by atoms with Crippen molar-refractivity contribution in [2.45, 2.75) is 122 Å².